The van der Waals surface area contributed by atoms with Crippen LogP contribution in [0.15, 0.2) is 28.7 Å². The summed E-state index contributed by atoms with van der Waals surface area (Å²) in [5.74, 6) is -3.06. The summed E-state index contributed by atoms with van der Waals surface area (Å²) in [6, 6.07) is 5.56. The molecule has 3 amide bonds. The highest BCUT2D eigenvalue weighted by Crippen LogP contribution is 2.15. The van der Waals surface area contributed by atoms with Crippen molar-refractivity contribution in [2.24, 2.45) is 11.6 Å². The van der Waals surface area contributed by atoms with Gasteiger partial charge in [0.05, 0.1) is 19.6 Å². The van der Waals surface area contributed by atoms with Gasteiger partial charge in [-0.2, -0.15) is 0 Å². The standard InChI is InChI=1S/C37H57BrN6O12.C5H10N2O4.CH3NO.CH4/c38-29-10-8-28(9-11-29)24-44(15-5-1-2-7-33(47)48)32(46)6-3-4-14-39-31(45)13-12-30(37(55)56)43-22-20-41(26-35(51)52)18-16-40(25-34(49)50)17-19-42(21-23-43)27-36(53)54;6-7-3(5(10)11)1-2-4(8)9;2-1-3;/h8-11,30H,1-7,12-27H2,(H,39,45)(H,47,48)(H,49,50)(H,51,52)(H,53,54)(H,55,56);3,7H,1-2,6H2,(H,8,9)(H,10,11);1H,(H2,2,3);1H4. The zero-order chi connectivity index (χ0) is 53.0. The number of aliphatic carboxylic acids is 7. The lowest BCUT2D eigenvalue weighted by Crippen LogP contribution is -2.52. The van der Waals surface area contributed by atoms with Crippen molar-refractivity contribution in [1.82, 2.24) is 35.2 Å². The van der Waals surface area contributed by atoms with Crippen molar-refractivity contribution in [1.29, 1.82) is 0 Å². The van der Waals surface area contributed by atoms with Gasteiger partial charge >= 0.3 is 41.8 Å². The quantitative estimate of drug-likeness (QED) is 0.0216. The molecule has 0 radical (unpaired) electrons. The first-order valence-electron chi connectivity index (χ1n) is 22.5. The van der Waals surface area contributed by atoms with Crippen molar-refractivity contribution in [3.63, 3.8) is 0 Å². The third-order valence-electron chi connectivity index (χ3n) is 10.6. The van der Waals surface area contributed by atoms with Crippen molar-refractivity contribution in [2.75, 3.05) is 85.1 Å². The maximum absolute atomic E-state index is 13.2. The van der Waals surface area contributed by atoms with E-state index >= 15 is 0 Å². The molecular weight excluding hydrogens is 1010 g/mol. The average molecular weight is 1080 g/mol. The Morgan fingerprint density at radius 2 is 1.08 bits per heavy atom. The van der Waals surface area contributed by atoms with Crippen molar-refractivity contribution in [3.8, 4) is 0 Å². The van der Waals surface area contributed by atoms with Crippen molar-refractivity contribution in [3.05, 3.63) is 34.3 Å². The molecule has 0 aliphatic carbocycles. The third-order valence-corrected chi connectivity index (χ3v) is 11.1. The predicted octanol–water partition coefficient (Wildman–Crippen LogP) is -0.0767. The molecule has 404 valence electrons. The van der Waals surface area contributed by atoms with E-state index < -0.39 is 53.9 Å². The second kappa shape index (κ2) is 39.8. The summed E-state index contributed by atoms with van der Waals surface area (Å²) in [4.78, 5) is 121. The predicted molar refractivity (Wildman–Crippen MR) is 260 cm³/mol. The number of carboxylic acids is 7. The normalized spacial score (nSPS) is 14.6. The number of hydrogen-bond acceptors (Lipinski definition) is 16. The molecule has 1 aromatic rings. The van der Waals surface area contributed by atoms with Gasteiger partial charge in [-0.15, -0.1) is 0 Å². The summed E-state index contributed by atoms with van der Waals surface area (Å²) < 4.78 is 0.921. The summed E-state index contributed by atoms with van der Waals surface area (Å²) in [7, 11) is 0. The first-order valence-corrected chi connectivity index (χ1v) is 23.3. The van der Waals surface area contributed by atoms with E-state index in [1.165, 1.54) is 0 Å². The first-order chi connectivity index (χ1) is 33.1. The van der Waals surface area contributed by atoms with Crippen LogP contribution < -0.4 is 22.3 Å². The van der Waals surface area contributed by atoms with Gasteiger partial charge in [0.2, 0.25) is 18.2 Å². The van der Waals surface area contributed by atoms with E-state index in [4.69, 9.17) is 26.0 Å². The van der Waals surface area contributed by atoms with Crippen molar-refractivity contribution in [2.45, 2.75) is 96.7 Å². The van der Waals surface area contributed by atoms with Crippen LogP contribution in [0, 0.1) is 0 Å². The Morgan fingerprint density at radius 3 is 1.51 bits per heavy atom. The molecule has 1 aliphatic heterocycles. The number of rotatable bonds is 29. The number of hydrazine groups is 1. The molecule has 1 aliphatic rings. The van der Waals surface area contributed by atoms with E-state index in [0.29, 0.717) is 45.2 Å². The molecule has 1 heterocycles. The smallest absolute Gasteiger partial charge is 0.322 e. The minimum Gasteiger partial charge on any atom is -0.481 e. The van der Waals surface area contributed by atoms with Crippen LogP contribution >= 0.6 is 15.9 Å². The highest BCUT2D eigenvalue weighted by Gasteiger charge is 2.29. The van der Waals surface area contributed by atoms with Crippen molar-refractivity contribution >= 4 is 75.9 Å². The summed E-state index contributed by atoms with van der Waals surface area (Å²) in [6.45, 7) is 1.51. The number of hydrogen-bond donors (Lipinski definition) is 11. The molecule has 2 unspecified atom stereocenters. The number of primary amides is 1. The van der Waals surface area contributed by atoms with Crippen LogP contribution in [0.1, 0.15) is 83.6 Å². The minimum atomic E-state index is -1.18. The van der Waals surface area contributed by atoms with Gasteiger partial charge in [-0.05, 0) is 56.2 Å². The van der Waals surface area contributed by atoms with Gasteiger partial charge in [0.25, 0.3) is 0 Å². The molecule has 0 aromatic heterocycles. The van der Waals surface area contributed by atoms with E-state index in [9.17, 15) is 63.6 Å². The molecule has 1 fully saturated rings. The Hall–Kier alpha value is -5.84. The maximum Gasteiger partial charge on any atom is 0.322 e. The lowest BCUT2D eigenvalue weighted by Gasteiger charge is -2.35. The molecule has 2 rings (SSSR count). The molecule has 1 aromatic carbocycles. The number of amides is 3. The van der Waals surface area contributed by atoms with Crippen LogP contribution in [-0.4, -0.2) is 217 Å². The molecule has 0 bridgehead atoms. The number of nitrogens with one attached hydrogen (secondary N) is 2. The van der Waals surface area contributed by atoms with Gasteiger partial charge in [-0.25, -0.2) is 5.43 Å². The second-order valence-electron chi connectivity index (χ2n) is 16.0. The Balaban J connectivity index is 0. The van der Waals surface area contributed by atoms with E-state index in [-0.39, 0.29) is 143 Å². The van der Waals surface area contributed by atoms with E-state index in [0.717, 1.165) is 10.0 Å². The maximum atomic E-state index is 13.2. The van der Waals surface area contributed by atoms with Crippen LogP contribution in [0.3, 0.4) is 0 Å². The van der Waals surface area contributed by atoms with Crippen LogP contribution in [0.5, 0.6) is 0 Å². The number of halogens is 1. The van der Waals surface area contributed by atoms with Crippen LogP contribution in [0.2, 0.25) is 0 Å². The largest absolute Gasteiger partial charge is 0.481 e. The molecule has 26 nitrogen and oxygen atoms in total. The second-order valence-corrected chi connectivity index (χ2v) is 16.9. The van der Waals surface area contributed by atoms with Crippen LogP contribution in [-0.2, 0) is 54.5 Å². The zero-order valence-corrected chi connectivity index (χ0v) is 40.8. The average Bonchev–Trinajstić information content (AvgIpc) is 3.26. The molecule has 13 N–H and O–H groups in total. The summed E-state index contributed by atoms with van der Waals surface area (Å²) in [5, 5.41) is 66.7. The molecular formula is C44H74BrN9O17. The first kappa shape index (κ1) is 67.2. The van der Waals surface area contributed by atoms with Gasteiger partial charge in [-0.3, -0.25) is 73.4 Å². The number of benzene rings is 1. The number of nitrogens with zero attached hydrogens (tertiary/aromatic N) is 5. The van der Waals surface area contributed by atoms with E-state index in [1.807, 2.05) is 29.7 Å². The number of carboxylic acid groups (broad SMARTS) is 7. The number of nitrogens with two attached hydrogens (primary N) is 2. The highest BCUT2D eigenvalue weighted by molar-refractivity contribution is 9.10. The van der Waals surface area contributed by atoms with Crippen molar-refractivity contribution < 1.29 is 83.7 Å². The van der Waals surface area contributed by atoms with Gasteiger partial charge in [-0.1, -0.05) is 41.9 Å². The molecule has 0 saturated carbocycles. The highest BCUT2D eigenvalue weighted by atomic mass is 79.9. The fraction of sp³-hybridized carbons (Fsp3) is 0.636. The van der Waals surface area contributed by atoms with Gasteiger partial charge < -0.3 is 51.7 Å². The SMILES string of the molecule is C.NC=O.NNC(CCC(=O)O)C(=O)O.O=C(O)CCCCCN(Cc1ccc(Br)cc1)C(=O)CCCCNC(=O)CCC(C(=O)O)N1CCN(CC(=O)O)CCN(CC(=O)O)CCN(CC(=O)O)CC1. The third kappa shape index (κ3) is 35.0. The van der Waals surface area contributed by atoms with Gasteiger partial charge in [0.15, 0.2) is 0 Å². The number of unbranched alkanes of at least 4 members (excludes halogenated alkanes) is 3. The summed E-state index contributed by atoms with van der Waals surface area (Å²) in [6.07, 6.45) is 3.12. The van der Waals surface area contributed by atoms with E-state index in [2.05, 4.69) is 27.0 Å². The zero-order valence-electron chi connectivity index (χ0n) is 39.2. The Bertz CT molecular complexity index is 1770. The molecule has 0 spiro atoms. The topological polar surface area (TPSA) is 405 Å². The Morgan fingerprint density at radius 1 is 0.620 bits per heavy atom. The summed E-state index contributed by atoms with van der Waals surface area (Å²) >= 11 is 3.41. The molecule has 27 heteroatoms. The van der Waals surface area contributed by atoms with E-state index in [1.54, 1.807) is 24.5 Å². The Kier molecular flexibility index (Phi) is 37.7. The van der Waals surface area contributed by atoms with Gasteiger partial charge in [0, 0.05) is 102 Å². The number of carbonyl (C=O) groups is 10. The lowest BCUT2D eigenvalue weighted by molar-refractivity contribution is -0.145. The molecule has 71 heavy (non-hydrogen) atoms. The van der Waals surface area contributed by atoms with Gasteiger partial charge in [0.1, 0.15) is 12.1 Å². The Labute approximate surface area is 421 Å². The summed E-state index contributed by atoms with van der Waals surface area (Å²) in [5.41, 5.74) is 7.12. The van der Waals surface area contributed by atoms with Crippen LogP contribution in [0.25, 0.3) is 0 Å². The molecule has 2 atom stereocenters. The lowest BCUT2D eigenvalue weighted by atomic mass is 10.1. The monoisotopic (exact) mass is 1080 g/mol. The number of carbonyl (C=O) groups excluding carboxylic acids is 3. The fourth-order valence-corrected chi connectivity index (χ4v) is 7.19. The van der Waals surface area contributed by atoms with Crippen LogP contribution in [0.4, 0.5) is 0 Å². The minimum absolute atomic E-state index is 0. The fourth-order valence-electron chi connectivity index (χ4n) is 6.92. The molecule has 1 saturated heterocycles.